The number of nitrogens with one attached hydrogen (secondary N) is 2. The zero-order valence-electron chi connectivity index (χ0n) is 20.5. The van der Waals surface area contributed by atoms with Crippen LogP contribution in [0.4, 0.5) is 17.1 Å². The van der Waals surface area contributed by atoms with Crippen LogP contribution in [0.5, 0.6) is 0 Å². The third-order valence-corrected chi connectivity index (χ3v) is 8.88. The highest BCUT2D eigenvalue weighted by atomic mass is 35.5. The molecule has 0 aliphatic heterocycles. The maximum Gasteiger partial charge on any atom is 0.261 e. The Bertz CT molecular complexity index is 1680. The van der Waals surface area contributed by atoms with E-state index in [0.717, 1.165) is 10.6 Å². The van der Waals surface area contributed by atoms with Gasteiger partial charge in [0.15, 0.2) is 0 Å². The second-order valence-corrected chi connectivity index (χ2v) is 12.9. The zero-order valence-corrected chi connectivity index (χ0v) is 23.7. The lowest BCUT2D eigenvalue weighted by Crippen LogP contribution is -2.29. The van der Waals surface area contributed by atoms with Crippen molar-refractivity contribution >= 4 is 66.2 Å². The Hall–Kier alpha value is -3.57. The Morgan fingerprint density at radius 2 is 1.33 bits per heavy atom. The van der Waals surface area contributed by atoms with E-state index in [-0.39, 0.29) is 17.0 Å². The van der Waals surface area contributed by atoms with E-state index in [9.17, 15) is 21.6 Å². The van der Waals surface area contributed by atoms with E-state index < -0.39 is 26.0 Å². The van der Waals surface area contributed by atoms with Crippen molar-refractivity contribution in [2.75, 3.05) is 20.6 Å². The van der Waals surface area contributed by atoms with Gasteiger partial charge in [-0.25, -0.2) is 16.8 Å². The lowest BCUT2D eigenvalue weighted by atomic mass is 10.1. The van der Waals surface area contributed by atoms with Crippen molar-refractivity contribution in [2.24, 2.45) is 0 Å². The van der Waals surface area contributed by atoms with E-state index in [4.69, 9.17) is 23.2 Å². The number of sulfonamides is 2. The van der Waals surface area contributed by atoms with Gasteiger partial charge in [0.1, 0.15) is 0 Å². The fourth-order valence-corrected chi connectivity index (χ4v) is 6.09. The van der Waals surface area contributed by atoms with Crippen LogP contribution in [0.1, 0.15) is 15.9 Å². The van der Waals surface area contributed by atoms with Crippen LogP contribution < -0.4 is 14.3 Å². The first-order valence-corrected chi connectivity index (χ1v) is 15.5. The van der Waals surface area contributed by atoms with Crippen LogP contribution in [0.3, 0.4) is 0 Å². The highest BCUT2D eigenvalue weighted by Crippen LogP contribution is 2.29. The molecule has 0 fully saturated rings. The molecule has 4 rings (SSSR count). The fraction of sp³-hybridized carbons (Fsp3) is 0.0741. The summed E-state index contributed by atoms with van der Waals surface area (Å²) in [7, 11) is -7.50. The monoisotopic (exact) mass is 603 g/mol. The fourth-order valence-electron chi connectivity index (χ4n) is 3.65. The number of benzene rings is 4. The van der Waals surface area contributed by atoms with Gasteiger partial charge in [-0.05, 0) is 72.8 Å². The van der Waals surface area contributed by atoms with Gasteiger partial charge in [-0.3, -0.25) is 13.8 Å². The summed E-state index contributed by atoms with van der Waals surface area (Å²) < 4.78 is 53.9. The van der Waals surface area contributed by atoms with Gasteiger partial charge >= 0.3 is 0 Å². The van der Waals surface area contributed by atoms with Crippen molar-refractivity contribution in [2.45, 2.75) is 11.4 Å². The van der Waals surface area contributed by atoms with Crippen LogP contribution in [-0.4, -0.2) is 29.0 Å². The SMILES string of the molecule is CS(=O)(=O)N(Cc1c(Cl)cccc1Cl)c1ccc(C(=O)Nc2ccc(S(=O)(=O)Nc3ccccc3)cc2)cc1. The van der Waals surface area contributed by atoms with Gasteiger partial charge in [-0.15, -0.1) is 0 Å². The summed E-state index contributed by atoms with van der Waals surface area (Å²) in [6.07, 6.45) is 1.07. The molecule has 0 radical (unpaired) electrons. The highest BCUT2D eigenvalue weighted by Gasteiger charge is 2.21. The molecule has 0 spiro atoms. The highest BCUT2D eigenvalue weighted by molar-refractivity contribution is 7.92. The minimum Gasteiger partial charge on any atom is -0.322 e. The quantitative estimate of drug-likeness (QED) is 0.243. The topological polar surface area (TPSA) is 113 Å². The summed E-state index contributed by atoms with van der Waals surface area (Å²) in [5.41, 5.74) is 1.87. The van der Waals surface area contributed by atoms with Crippen LogP contribution in [0.15, 0.2) is 102 Å². The average Bonchev–Trinajstić information content (AvgIpc) is 2.88. The first-order chi connectivity index (χ1) is 18.4. The molecule has 0 unspecified atom stereocenters. The first kappa shape index (κ1) is 28.4. The van der Waals surface area contributed by atoms with Gasteiger partial charge in [0.2, 0.25) is 10.0 Å². The Morgan fingerprint density at radius 1 is 0.744 bits per heavy atom. The number of halogens is 2. The molecule has 0 bridgehead atoms. The summed E-state index contributed by atoms with van der Waals surface area (Å²) in [5.74, 6) is -0.459. The van der Waals surface area contributed by atoms with E-state index >= 15 is 0 Å². The lowest BCUT2D eigenvalue weighted by Gasteiger charge is -2.23. The van der Waals surface area contributed by atoms with Crippen molar-refractivity contribution in [1.82, 2.24) is 0 Å². The Kier molecular flexibility index (Phi) is 8.51. The summed E-state index contributed by atoms with van der Waals surface area (Å²) in [4.78, 5) is 12.8. The van der Waals surface area contributed by atoms with Crippen molar-refractivity contribution in [3.8, 4) is 0 Å². The van der Waals surface area contributed by atoms with Gasteiger partial charge < -0.3 is 5.32 Å². The molecule has 0 heterocycles. The normalized spacial score (nSPS) is 11.6. The van der Waals surface area contributed by atoms with E-state index in [0.29, 0.717) is 32.7 Å². The zero-order chi connectivity index (χ0) is 28.2. The molecule has 0 aliphatic rings. The standard InChI is InChI=1S/C27H23Cl2N3O5S2/c1-38(34,35)32(18-24-25(28)8-5-9-26(24)29)22-14-10-19(11-15-22)27(33)30-20-12-16-23(17-13-20)39(36,37)31-21-6-3-2-4-7-21/h2-17,31H,18H2,1H3,(H,30,33). The van der Waals surface area contributed by atoms with Gasteiger partial charge in [0.25, 0.3) is 15.9 Å². The number of carbonyl (C=O) groups is 1. The maximum absolute atomic E-state index is 12.8. The molecule has 4 aromatic carbocycles. The molecule has 2 N–H and O–H groups in total. The molecule has 0 aliphatic carbocycles. The number of carbonyl (C=O) groups excluding carboxylic acids is 1. The molecule has 0 atom stereocenters. The molecular weight excluding hydrogens is 581 g/mol. The Balaban J connectivity index is 1.47. The minimum absolute atomic E-state index is 0.0354. The molecule has 12 heteroatoms. The second-order valence-electron chi connectivity index (χ2n) is 8.47. The molecule has 8 nitrogen and oxygen atoms in total. The molecule has 0 saturated heterocycles. The number of rotatable bonds is 9. The van der Waals surface area contributed by atoms with Crippen molar-refractivity contribution in [3.63, 3.8) is 0 Å². The van der Waals surface area contributed by atoms with Gasteiger partial charge in [0.05, 0.1) is 23.4 Å². The molecule has 39 heavy (non-hydrogen) atoms. The number of nitrogens with zero attached hydrogens (tertiary/aromatic N) is 1. The van der Waals surface area contributed by atoms with Gasteiger partial charge in [-0.2, -0.15) is 0 Å². The third kappa shape index (κ3) is 7.10. The van der Waals surface area contributed by atoms with Crippen molar-refractivity contribution in [1.29, 1.82) is 0 Å². The third-order valence-electron chi connectivity index (χ3n) is 5.63. The molecule has 0 saturated carbocycles. The predicted molar refractivity (Wildman–Crippen MR) is 156 cm³/mol. The van der Waals surface area contributed by atoms with Gasteiger partial charge in [0, 0.05) is 32.5 Å². The number of para-hydroxylation sites is 1. The molecular formula is C27H23Cl2N3O5S2. The minimum atomic E-state index is -3.80. The smallest absolute Gasteiger partial charge is 0.261 e. The Morgan fingerprint density at radius 3 is 1.90 bits per heavy atom. The largest absolute Gasteiger partial charge is 0.322 e. The van der Waals surface area contributed by atoms with Gasteiger partial charge in [-0.1, -0.05) is 47.5 Å². The van der Waals surface area contributed by atoms with Crippen molar-refractivity contribution in [3.05, 3.63) is 118 Å². The lowest BCUT2D eigenvalue weighted by molar-refractivity contribution is 0.102. The average molecular weight is 605 g/mol. The van der Waals surface area contributed by atoms with E-state index in [1.807, 2.05) is 0 Å². The number of anilines is 3. The number of hydrogen-bond donors (Lipinski definition) is 2. The number of amides is 1. The number of hydrogen-bond acceptors (Lipinski definition) is 5. The molecule has 0 aromatic heterocycles. The Labute approximate surface area is 237 Å². The summed E-state index contributed by atoms with van der Waals surface area (Å²) in [6, 6.07) is 25.1. The van der Waals surface area contributed by atoms with Crippen LogP contribution in [-0.2, 0) is 26.6 Å². The summed E-state index contributed by atoms with van der Waals surface area (Å²) in [6.45, 7) is -0.0860. The van der Waals surface area contributed by atoms with E-state index in [2.05, 4.69) is 10.0 Å². The van der Waals surface area contributed by atoms with Crippen LogP contribution in [0, 0.1) is 0 Å². The molecule has 202 valence electrons. The van der Waals surface area contributed by atoms with Crippen LogP contribution >= 0.6 is 23.2 Å². The first-order valence-electron chi connectivity index (χ1n) is 11.4. The van der Waals surface area contributed by atoms with Crippen LogP contribution in [0.25, 0.3) is 0 Å². The van der Waals surface area contributed by atoms with Crippen molar-refractivity contribution < 1.29 is 21.6 Å². The summed E-state index contributed by atoms with van der Waals surface area (Å²) in [5, 5.41) is 3.37. The summed E-state index contributed by atoms with van der Waals surface area (Å²) >= 11 is 12.5. The van der Waals surface area contributed by atoms with E-state index in [1.165, 1.54) is 48.5 Å². The van der Waals surface area contributed by atoms with E-state index in [1.54, 1.807) is 48.5 Å². The van der Waals surface area contributed by atoms with Crippen LogP contribution in [0.2, 0.25) is 10.0 Å². The maximum atomic E-state index is 12.8. The molecule has 1 amide bonds. The second kappa shape index (κ2) is 11.7. The predicted octanol–water partition coefficient (Wildman–Crippen LogP) is 6.01. The molecule has 4 aromatic rings.